The van der Waals surface area contributed by atoms with Crippen LogP contribution in [0.15, 0.2) is 4.99 Å². The largest absolute Gasteiger partial charge is 0.370 e. The quantitative estimate of drug-likeness (QED) is 0.528. The Morgan fingerprint density at radius 2 is 2.04 bits per heavy atom. The Balaban J connectivity index is 0.00000208. The number of guanidine groups is 1. The Hall–Kier alpha value is -1.77. The van der Waals surface area contributed by atoms with Crippen LogP contribution >= 0.6 is 11.8 Å². The predicted octanol–water partition coefficient (Wildman–Crippen LogP) is 0.561. The van der Waals surface area contributed by atoms with Gasteiger partial charge < -0.3 is 15.9 Å². The van der Waals surface area contributed by atoms with Crippen LogP contribution in [0.1, 0.15) is 46.0 Å². The molecule has 134 valence electrons. The van der Waals surface area contributed by atoms with Gasteiger partial charge in [-0.25, -0.2) is 9.79 Å². The Bertz CT molecular complexity index is 538. The van der Waals surface area contributed by atoms with Crippen LogP contribution in [0.5, 0.6) is 0 Å². The molecule has 3 rings (SSSR count). The molecule has 3 N–H and O–H groups in total. The van der Waals surface area contributed by atoms with Crippen LogP contribution in [-0.2, 0) is 19.2 Å². The molecule has 0 radical (unpaired) electrons. The van der Waals surface area contributed by atoms with Crippen LogP contribution in [0.2, 0.25) is 0 Å². The first-order valence-corrected chi connectivity index (χ1v) is 8.87. The molecule has 9 heteroatoms. The molecule has 3 atom stereocenters. The van der Waals surface area contributed by atoms with Crippen LogP contribution in [0.25, 0.3) is 0 Å². The van der Waals surface area contributed by atoms with Gasteiger partial charge in [0.1, 0.15) is 0 Å². The van der Waals surface area contributed by atoms with Gasteiger partial charge in [-0.1, -0.05) is 13.8 Å². The second-order valence-electron chi connectivity index (χ2n) is 5.92. The molecule has 0 aromatic heterocycles. The van der Waals surface area contributed by atoms with Gasteiger partial charge in [0.15, 0.2) is 5.96 Å². The molecule has 0 aromatic carbocycles. The van der Waals surface area contributed by atoms with Crippen molar-refractivity contribution in [1.82, 2.24) is 10.4 Å². The number of rotatable bonds is 6. The number of hydrogen-bond donors (Lipinski definition) is 2. The summed E-state index contributed by atoms with van der Waals surface area (Å²) in [5, 5.41) is 4.19. The first-order valence-electron chi connectivity index (χ1n) is 7.82. The molecule has 3 aliphatic rings. The first-order chi connectivity index (χ1) is 11.0. The average molecular weight is 356 g/mol. The summed E-state index contributed by atoms with van der Waals surface area (Å²) in [5.41, 5.74) is 5.69. The predicted molar refractivity (Wildman–Crippen MR) is 91.0 cm³/mol. The van der Waals surface area contributed by atoms with E-state index in [9.17, 15) is 14.4 Å². The minimum absolute atomic E-state index is 0. The van der Waals surface area contributed by atoms with Crippen molar-refractivity contribution in [3.63, 3.8) is 0 Å². The van der Waals surface area contributed by atoms with Gasteiger partial charge in [0, 0.05) is 30.3 Å². The van der Waals surface area contributed by atoms with Crippen LogP contribution < -0.4 is 11.1 Å². The molecule has 2 saturated heterocycles. The van der Waals surface area contributed by atoms with Crippen LogP contribution in [0.4, 0.5) is 0 Å². The highest BCUT2D eigenvalue weighted by atomic mass is 32.2. The molecule has 0 bridgehead atoms. The van der Waals surface area contributed by atoms with E-state index in [-0.39, 0.29) is 32.7 Å². The summed E-state index contributed by atoms with van der Waals surface area (Å²) in [5.74, 6) is 0.104. The smallest absolute Gasteiger partial charge is 0.333 e. The van der Waals surface area contributed by atoms with Crippen molar-refractivity contribution < 1.29 is 19.2 Å². The third kappa shape index (κ3) is 4.00. The maximum Gasteiger partial charge on any atom is 0.333 e. The monoisotopic (exact) mass is 356 g/mol. The third-order valence-corrected chi connectivity index (χ3v) is 5.72. The average Bonchev–Trinajstić information content (AvgIpc) is 3.14. The summed E-state index contributed by atoms with van der Waals surface area (Å²) in [7, 11) is 0. The lowest BCUT2D eigenvalue weighted by Gasteiger charge is -2.15. The Kier molecular flexibility index (Phi) is 6.09. The van der Waals surface area contributed by atoms with E-state index in [0.717, 1.165) is 18.6 Å². The van der Waals surface area contributed by atoms with Gasteiger partial charge in [0.25, 0.3) is 11.8 Å². The van der Waals surface area contributed by atoms with E-state index >= 15 is 0 Å². The van der Waals surface area contributed by atoms with Crippen molar-refractivity contribution in [2.45, 2.75) is 63.3 Å². The van der Waals surface area contributed by atoms with Crippen molar-refractivity contribution in [2.24, 2.45) is 10.7 Å². The van der Waals surface area contributed by atoms with E-state index in [1.807, 2.05) is 11.8 Å². The van der Waals surface area contributed by atoms with E-state index in [2.05, 4.69) is 10.3 Å². The standard InChI is InChI=1S/C14H20N4O4S.CH4/c15-14-16-8-7-23-9(13(8)17-14)3-1-2-4-12(21)22-18-10(19)5-6-11(18)20;/h8-9,13H,1-7H2,(H3,15,16,17);1H4/t8-,9?,13-;/m0./s1. The molecule has 2 amide bonds. The molecule has 0 aromatic rings. The van der Waals surface area contributed by atoms with Gasteiger partial charge in [-0.2, -0.15) is 11.8 Å². The number of thioether (sulfide) groups is 1. The van der Waals surface area contributed by atoms with E-state index < -0.39 is 17.8 Å². The third-order valence-electron chi connectivity index (χ3n) is 4.22. The molecular formula is C15H24N4O4S. The maximum atomic E-state index is 11.7. The number of hydrogen-bond acceptors (Lipinski definition) is 8. The number of hydroxylamine groups is 2. The fourth-order valence-electron chi connectivity index (χ4n) is 3.05. The number of imide groups is 1. The molecule has 8 nitrogen and oxygen atoms in total. The van der Waals surface area contributed by atoms with E-state index in [0.29, 0.717) is 28.7 Å². The number of carbonyl (C=O) groups excluding carboxylic acids is 3. The molecule has 0 aliphatic carbocycles. The molecule has 24 heavy (non-hydrogen) atoms. The Morgan fingerprint density at radius 3 is 2.75 bits per heavy atom. The summed E-state index contributed by atoms with van der Waals surface area (Å²) >= 11 is 1.88. The zero-order valence-corrected chi connectivity index (χ0v) is 13.5. The summed E-state index contributed by atoms with van der Waals surface area (Å²) in [6, 6.07) is 0.564. The highest BCUT2D eigenvalue weighted by Crippen LogP contribution is 2.35. The SMILES string of the molecule is C.NC1=N[C@@H]2C(CCCCC(=O)ON3C(=O)CCC3=O)SC[C@@H]2N1. The van der Waals surface area contributed by atoms with Crippen LogP contribution in [0, 0.1) is 0 Å². The van der Waals surface area contributed by atoms with E-state index in [1.165, 1.54) is 0 Å². The number of carbonyl (C=O) groups is 3. The van der Waals surface area contributed by atoms with Gasteiger partial charge >= 0.3 is 5.97 Å². The zero-order chi connectivity index (χ0) is 16.4. The van der Waals surface area contributed by atoms with Crippen molar-refractivity contribution in [3.8, 4) is 0 Å². The van der Waals surface area contributed by atoms with Crippen molar-refractivity contribution >= 4 is 35.5 Å². The molecule has 1 unspecified atom stereocenters. The molecule has 0 spiro atoms. The fourth-order valence-corrected chi connectivity index (χ4v) is 4.56. The number of nitrogens with zero attached hydrogens (tertiary/aromatic N) is 2. The molecule has 2 fully saturated rings. The van der Waals surface area contributed by atoms with Gasteiger partial charge in [-0.15, -0.1) is 5.06 Å². The number of fused-ring (bicyclic) bond motifs is 1. The number of amides is 2. The van der Waals surface area contributed by atoms with Gasteiger partial charge in [0.2, 0.25) is 0 Å². The lowest BCUT2D eigenvalue weighted by molar-refractivity contribution is -0.197. The molecule has 3 heterocycles. The number of nitrogens with two attached hydrogens (primary N) is 1. The molecular weight excluding hydrogens is 332 g/mol. The molecule has 0 saturated carbocycles. The van der Waals surface area contributed by atoms with E-state index in [4.69, 9.17) is 10.6 Å². The Morgan fingerprint density at radius 1 is 1.33 bits per heavy atom. The van der Waals surface area contributed by atoms with E-state index in [1.54, 1.807) is 0 Å². The summed E-state index contributed by atoms with van der Waals surface area (Å²) in [6.45, 7) is 0. The lowest BCUT2D eigenvalue weighted by atomic mass is 10.0. The Labute approximate surface area is 145 Å². The number of nitrogens with one attached hydrogen (secondary N) is 1. The van der Waals surface area contributed by atoms with Crippen LogP contribution in [-0.4, -0.2) is 51.9 Å². The lowest BCUT2D eigenvalue weighted by Crippen LogP contribution is -2.38. The second-order valence-corrected chi connectivity index (χ2v) is 7.19. The van der Waals surface area contributed by atoms with Crippen molar-refractivity contribution in [2.75, 3.05) is 5.75 Å². The highest BCUT2D eigenvalue weighted by molar-refractivity contribution is 8.00. The number of unbranched alkanes of at least 4 members (excludes halogenated alkanes) is 1. The zero-order valence-electron chi connectivity index (χ0n) is 12.7. The minimum Gasteiger partial charge on any atom is -0.370 e. The topological polar surface area (TPSA) is 114 Å². The summed E-state index contributed by atoms with van der Waals surface area (Å²) in [6.07, 6.45) is 2.92. The molecule has 3 aliphatic heterocycles. The second kappa shape index (κ2) is 7.87. The minimum atomic E-state index is -0.532. The number of aliphatic imine (C=N–C) groups is 1. The van der Waals surface area contributed by atoms with Gasteiger partial charge in [-0.05, 0) is 12.8 Å². The normalized spacial score (nSPS) is 28.2. The van der Waals surface area contributed by atoms with Gasteiger partial charge in [-0.3, -0.25) is 9.59 Å². The van der Waals surface area contributed by atoms with Gasteiger partial charge in [0.05, 0.1) is 12.1 Å². The highest BCUT2D eigenvalue weighted by Gasteiger charge is 2.40. The first kappa shape index (κ1) is 18.6. The van der Waals surface area contributed by atoms with Crippen molar-refractivity contribution in [3.05, 3.63) is 0 Å². The van der Waals surface area contributed by atoms with Crippen molar-refractivity contribution in [1.29, 1.82) is 0 Å². The summed E-state index contributed by atoms with van der Waals surface area (Å²) < 4.78 is 0. The maximum absolute atomic E-state index is 11.7. The summed E-state index contributed by atoms with van der Waals surface area (Å²) in [4.78, 5) is 43.6. The van der Waals surface area contributed by atoms with Crippen LogP contribution in [0.3, 0.4) is 0 Å². The fraction of sp³-hybridized carbons (Fsp3) is 0.733.